The van der Waals surface area contributed by atoms with Gasteiger partial charge in [-0.1, -0.05) is 30.3 Å². The molecule has 0 bridgehead atoms. The molecule has 0 amide bonds. The van der Waals surface area contributed by atoms with Gasteiger partial charge >= 0.3 is 0 Å². The van der Waals surface area contributed by atoms with E-state index in [0.29, 0.717) is 13.1 Å². The molecule has 9 heteroatoms. The van der Waals surface area contributed by atoms with Gasteiger partial charge in [0, 0.05) is 32.7 Å². The molecular weight excluding hydrogens is 394 g/mol. The fraction of sp³-hybridized carbons (Fsp3) is 0.500. The minimum Gasteiger partial charge on any atom is -0.394 e. The number of morpholine rings is 1. The van der Waals surface area contributed by atoms with Crippen LogP contribution in [0.2, 0.25) is 0 Å². The first-order valence-corrected chi connectivity index (χ1v) is 10.7. The van der Waals surface area contributed by atoms with Gasteiger partial charge in [-0.15, -0.1) is 0 Å². The van der Waals surface area contributed by atoms with Crippen molar-refractivity contribution in [3.05, 3.63) is 48.5 Å². The Morgan fingerprint density at radius 3 is 2.77 bits per heavy atom. The molecule has 31 heavy (non-hydrogen) atoms. The number of aliphatic hydroxyl groups is 1. The van der Waals surface area contributed by atoms with Crippen molar-refractivity contribution in [2.45, 2.75) is 18.8 Å². The largest absolute Gasteiger partial charge is 0.394 e. The summed E-state index contributed by atoms with van der Waals surface area (Å²) in [7, 11) is 4.07. The Labute approximate surface area is 182 Å². The molecule has 1 saturated heterocycles. The molecule has 3 aromatic rings. The SMILES string of the molecule is CN(C)CCNc1ncnc2c1ncn2[C@H]1CN(CCc2ccccc2)C[C@@H](CO)O1. The number of hydrogen-bond acceptors (Lipinski definition) is 8. The van der Waals surface area contributed by atoms with Crippen molar-refractivity contribution in [3.8, 4) is 0 Å². The number of imidazole rings is 1. The van der Waals surface area contributed by atoms with Crippen LogP contribution in [0.15, 0.2) is 43.0 Å². The molecule has 1 aliphatic rings. The lowest BCUT2D eigenvalue weighted by Gasteiger charge is -2.37. The number of aromatic nitrogens is 4. The van der Waals surface area contributed by atoms with E-state index in [2.05, 4.69) is 54.3 Å². The van der Waals surface area contributed by atoms with Crippen molar-refractivity contribution in [1.29, 1.82) is 0 Å². The molecule has 0 spiro atoms. The maximum atomic E-state index is 9.79. The van der Waals surface area contributed by atoms with Gasteiger partial charge in [-0.05, 0) is 26.1 Å². The van der Waals surface area contributed by atoms with Gasteiger partial charge in [0.25, 0.3) is 0 Å². The number of hydrogen-bond donors (Lipinski definition) is 2. The number of ether oxygens (including phenoxy) is 1. The fourth-order valence-electron chi connectivity index (χ4n) is 3.85. The highest BCUT2D eigenvalue weighted by Crippen LogP contribution is 2.25. The lowest BCUT2D eigenvalue weighted by atomic mass is 10.1. The summed E-state index contributed by atoms with van der Waals surface area (Å²) in [6.45, 7) is 3.97. The molecule has 9 nitrogen and oxygen atoms in total. The van der Waals surface area contributed by atoms with Crippen LogP contribution in [0, 0.1) is 0 Å². The predicted octanol–water partition coefficient (Wildman–Crippen LogP) is 1.23. The van der Waals surface area contributed by atoms with Crippen LogP contribution in [0.4, 0.5) is 5.82 Å². The number of anilines is 1. The zero-order chi connectivity index (χ0) is 21.6. The average Bonchev–Trinajstić information content (AvgIpc) is 3.23. The van der Waals surface area contributed by atoms with Crippen LogP contribution in [-0.4, -0.2) is 94.0 Å². The summed E-state index contributed by atoms with van der Waals surface area (Å²) >= 11 is 0. The van der Waals surface area contributed by atoms with E-state index in [1.807, 2.05) is 24.7 Å². The zero-order valence-corrected chi connectivity index (χ0v) is 18.2. The molecular formula is C22H31N7O2. The highest BCUT2D eigenvalue weighted by Gasteiger charge is 2.29. The summed E-state index contributed by atoms with van der Waals surface area (Å²) in [5.41, 5.74) is 2.76. The van der Waals surface area contributed by atoms with Crippen LogP contribution in [0.25, 0.3) is 11.2 Å². The van der Waals surface area contributed by atoms with Gasteiger partial charge in [-0.3, -0.25) is 9.47 Å². The molecule has 2 N–H and O–H groups in total. The Morgan fingerprint density at radius 2 is 2.00 bits per heavy atom. The Kier molecular flexibility index (Phi) is 7.08. The van der Waals surface area contributed by atoms with Crippen molar-refractivity contribution < 1.29 is 9.84 Å². The van der Waals surface area contributed by atoms with Crippen molar-refractivity contribution in [3.63, 3.8) is 0 Å². The summed E-state index contributed by atoms with van der Waals surface area (Å²) < 4.78 is 8.12. The molecule has 3 heterocycles. The van der Waals surface area contributed by atoms with E-state index < -0.39 is 0 Å². The van der Waals surface area contributed by atoms with Crippen molar-refractivity contribution in [1.82, 2.24) is 29.3 Å². The van der Waals surface area contributed by atoms with Crippen molar-refractivity contribution >= 4 is 17.0 Å². The first-order chi connectivity index (χ1) is 15.1. The lowest BCUT2D eigenvalue weighted by Crippen LogP contribution is -2.47. The van der Waals surface area contributed by atoms with Crippen LogP contribution in [0.5, 0.6) is 0 Å². The van der Waals surface area contributed by atoms with Gasteiger partial charge in [0.1, 0.15) is 12.6 Å². The minimum atomic E-state index is -0.267. The maximum Gasteiger partial charge on any atom is 0.167 e. The third-order valence-electron chi connectivity index (χ3n) is 5.51. The standard InChI is InChI=1S/C22H31N7O2/c1-27(2)11-9-23-21-20-22(25-15-24-21)29(16-26-20)19-13-28(12-18(14-30)31-19)10-8-17-6-4-3-5-7-17/h3-7,15-16,18-19,30H,8-14H2,1-2H3,(H,23,24,25)/t18-,19+/m0/s1. The molecule has 1 aliphatic heterocycles. The minimum absolute atomic E-state index is 0.0166. The average molecular weight is 426 g/mol. The summed E-state index contributed by atoms with van der Waals surface area (Å²) in [5, 5.41) is 13.1. The Hall–Kier alpha value is -2.59. The number of aliphatic hydroxyl groups excluding tert-OH is 1. The van der Waals surface area contributed by atoms with E-state index >= 15 is 0 Å². The molecule has 2 atom stereocenters. The Bertz CT molecular complexity index is 963. The molecule has 0 unspecified atom stereocenters. The summed E-state index contributed by atoms with van der Waals surface area (Å²) in [5.74, 6) is 0.723. The summed E-state index contributed by atoms with van der Waals surface area (Å²) in [4.78, 5) is 17.8. The van der Waals surface area contributed by atoms with E-state index in [0.717, 1.165) is 43.0 Å². The van der Waals surface area contributed by atoms with Crippen LogP contribution >= 0.6 is 0 Å². The number of nitrogens with zero attached hydrogens (tertiary/aromatic N) is 6. The Morgan fingerprint density at radius 1 is 1.16 bits per heavy atom. The number of fused-ring (bicyclic) bond motifs is 1. The van der Waals surface area contributed by atoms with E-state index in [1.54, 1.807) is 12.7 Å². The summed E-state index contributed by atoms with van der Waals surface area (Å²) in [6, 6.07) is 10.5. The molecule has 1 fully saturated rings. The first kappa shape index (κ1) is 21.6. The fourth-order valence-corrected chi connectivity index (χ4v) is 3.85. The normalized spacial score (nSPS) is 19.9. The van der Waals surface area contributed by atoms with Gasteiger partial charge in [0.05, 0.1) is 19.0 Å². The third-order valence-corrected chi connectivity index (χ3v) is 5.51. The monoisotopic (exact) mass is 425 g/mol. The molecule has 0 aliphatic carbocycles. The molecule has 0 radical (unpaired) electrons. The van der Waals surface area contributed by atoms with Crippen LogP contribution in [0.1, 0.15) is 11.8 Å². The molecule has 4 rings (SSSR count). The van der Waals surface area contributed by atoms with E-state index in [9.17, 15) is 5.11 Å². The molecule has 2 aromatic heterocycles. The van der Waals surface area contributed by atoms with E-state index in [-0.39, 0.29) is 18.9 Å². The van der Waals surface area contributed by atoms with Crippen molar-refractivity contribution in [2.75, 3.05) is 58.7 Å². The lowest BCUT2D eigenvalue weighted by molar-refractivity contribution is -0.133. The third kappa shape index (κ3) is 5.37. The van der Waals surface area contributed by atoms with Crippen LogP contribution in [0.3, 0.4) is 0 Å². The zero-order valence-electron chi connectivity index (χ0n) is 18.2. The van der Waals surface area contributed by atoms with Gasteiger partial charge in [-0.2, -0.15) is 0 Å². The second-order valence-corrected chi connectivity index (χ2v) is 8.17. The topological polar surface area (TPSA) is 91.6 Å². The van der Waals surface area contributed by atoms with Crippen LogP contribution in [-0.2, 0) is 11.2 Å². The molecule has 0 saturated carbocycles. The highest BCUT2D eigenvalue weighted by molar-refractivity contribution is 5.82. The molecule has 1 aromatic carbocycles. The predicted molar refractivity (Wildman–Crippen MR) is 120 cm³/mol. The van der Waals surface area contributed by atoms with Gasteiger partial charge < -0.3 is 20.1 Å². The van der Waals surface area contributed by atoms with E-state index in [4.69, 9.17) is 4.74 Å². The smallest absolute Gasteiger partial charge is 0.167 e. The van der Waals surface area contributed by atoms with Crippen LogP contribution < -0.4 is 5.32 Å². The van der Waals surface area contributed by atoms with Gasteiger partial charge in [0.15, 0.2) is 17.0 Å². The number of nitrogens with one attached hydrogen (secondary N) is 1. The quantitative estimate of drug-likeness (QED) is 0.529. The number of rotatable bonds is 9. The highest BCUT2D eigenvalue weighted by atomic mass is 16.5. The maximum absolute atomic E-state index is 9.79. The first-order valence-electron chi connectivity index (χ1n) is 10.7. The van der Waals surface area contributed by atoms with Crippen molar-refractivity contribution in [2.24, 2.45) is 0 Å². The summed E-state index contributed by atoms with van der Waals surface area (Å²) in [6.07, 6.45) is 3.76. The number of likely N-dealkylation sites (N-methyl/N-ethyl adjacent to an activating group) is 1. The second kappa shape index (κ2) is 10.1. The second-order valence-electron chi connectivity index (χ2n) is 8.17. The van der Waals surface area contributed by atoms with E-state index in [1.165, 1.54) is 5.56 Å². The number of benzene rings is 1. The van der Waals surface area contributed by atoms with Gasteiger partial charge in [-0.25, -0.2) is 15.0 Å². The van der Waals surface area contributed by atoms with Gasteiger partial charge in [0.2, 0.25) is 0 Å². The Balaban J connectivity index is 1.49. The molecule has 166 valence electrons.